The Hall–Kier alpha value is -2.55. The number of hydrogen-bond acceptors (Lipinski definition) is 5. The third kappa shape index (κ3) is 5.33. The molecule has 0 aliphatic carbocycles. The van der Waals surface area contributed by atoms with Gasteiger partial charge < -0.3 is 10.4 Å². The minimum atomic E-state index is -0.847. The summed E-state index contributed by atoms with van der Waals surface area (Å²) in [7, 11) is 0. The molecule has 2 N–H and O–H groups in total. The maximum atomic E-state index is 13.4. The standard InChI is InChI=1S/C22H21FN2O3S2/c1-14(20(27)24-18(13-26)11-15-6-3-2-4-7-15)25-21(28)19(30-22(25)29)12-16-8-5-9-17(23)10-16/h2-10,12,14,18,26H,11,13H2,1H3,(H,24,27)/b19-12-/t14-,18-/m1/s1. The van der Waals surface area contributed by atoms with E-state index in [1.165, 1.54) is 17.0 Å². The van der Waals surface area contributed by atoms with Crippen molar-refractivity contribution in [3.8, 4) is 0 Å². The van der Waals surface area contributed by atoms with E-state index in [1.54, 1.807) is 25.1 Å². The first-order valence-corrected chi connectivity index (χ1v) is 10.6. The molecule has 0 bridgehead atoms. The third-order valence-electron chi connectivity index (χ3n) is 4.63. The van der Waals surface area contributed by atoms with Crippen LogP contribution in [-0.4, -0.2) is 44.8 Å². The molecule has 3 rings (SSSR count). The van der Waals surface area contributed by atoms with E-state index in [-0.39, 0.29) is 10.9 Å². The number of thioether (sulfide) groups is 1. The van der Waals surface area contributed by atoms with Gasteiger partial charge in [-0.25, -0.2) is 4.39 Å². The summed E-state index contributed by atoms with van der Waals surface area (Å²) in [5.41, 5.74) is 1.52. The number of benzene rings is 2. The first-order valence-electron chi connectivity index (χ1n) is 9.37. The normalized spacial score (nSPS) is 17.3. The summed E-state index contributed by atoms with van der Waals surface area (Å²) in [4.78, 5) is 27.1. The Labute approximate surface area is 184 Å². The average molecular weight is 445 g/mol. The quantitative estimate of drug-likeness (QED) is 0.507. The topological polar surface area (TPSA) is 69.6 Å². The zero-order chi connectivity index (χ0) is 21.7. The fourth-order valence-electron chi connectivity index (χ4n) is 3.06. The highest BCUT2D eigenvalue weighted by atomic mass is 32.2. The molecule has 5 nitrogen and oxygen atoms in total. The molecule has 1 fully saturated rings. The van der Waals surface area contributed by atoms with Crippen molar-refractivity contribution in [1.29, 1.82) is 0 Å². The number of aliphatic hydroxyl groups is 1. The number of hydrogen-bond donors (Lipinski definition) is 2. The van der Waals surface area contributed by atoms with Crippen molar-refractivity contribution in [2.24, 2.45) is 0 Å². The van der Waals surface area contributed by atoms with Crippen LogP contribution in [-0.2, 0) is 16.0 Å². The van der Waals surface area contributed by atoms with E-state index >= 15 is 0 Å². The lowest BCUT2D eigenvalue weighted by molar-refractivity contribution is -0.132. The van der Waals surface area contributed by atoms with Gasteiger partial charge in [0.05, 0.1) is 17.6 Å². The van der Waals surface area contributed by atoms with Crippen LogP contribution >= 0.6 is 24.0 Å². The molecule has 156 valence electrons. The smallest absolute Gasteiger partial charge is 0.266 e. The van der Waals surface area contributed by atoms with Gasteiger partial charge in [0.25, 0.3) is 5.91 Å². The Morgan fingerprint density at radius 2 is 2.00 bits per heavy atom. The van der Waals surface area contributed by atoms with E-state index < -0.39 is 29.7 Å². The van der Waals surface area contributed by atoms with Gasteiger partial charge in [-0.3, -0.25) is 14.5 Å². The van der Waals surface area contributed by atoms with Crippen LogP contribution in [0, 0.1) is 5.82 Å². The molecule has 1 heterocycles. The van der Waals surface area contributed by atoms with Crippen LogP contribution in [0.4, 0.5) is 4.39 Å². The highest BCUT2D eigenvalue weighted by Gasteiger charge is 2.38. The molecular formula is C22H21FN2O3S2. The van der Waals surface area contributed by atoms with Crippen molar-refractivity contribution in [3.05, 3.63) is 76.4 Å². The number of carbonyl (C=O) groups is 2. The Morgan fingerprint density at radius 1 is 1.27 bits per heavy atom. The van der Waals surface area contributed by atoms with E-state index in [0.717, 1.165) is 17.3 Å². The second-order valence-electron chi connectivity index (χ2n) is 6.86. The predicted octanol–water partition coefficient (Wildman–Crippen LogP) is 3.14. The van der Waals surface area contributed by atoms with E-state index in [1.807, 2.05) is 30.3 Å². The highest BCUT2D eigenvalue weighted by molar-refractivity contribution is 8.26. The van der Waals surface area contributed by atoms with Crippen molar-refractivity contribution in [2.75, 3.05) is 6.61 Å². The maximum absolute atomic E-state index is 13.4. The van der Waals surface area contributed by atoms with E-state index in [0.29, 0.717) is 16.9 Å². The number of aliphatic hydroxyl groups excluding tert-OH is 1. The Kier molecular flexibility index (Phi) is 7.36. The number of rotatable bonds is 7. The molecule has 0 unspecified atom stereocenters. The van der Waals surface area contributed by atoms with Gasteiger partial charge in [-0.05, 0) is 42.7 Å². The zero-order valence-corrected chi connectivity index (χ0v) is 17.9. The van der Waals surface area contributed by atoms with Gasteiger partial charge in [0, 0.05) is 0 Å². The fraction of sp³-hybridized carbons (Fsp3) is 0.227. The van der Waals surface area contributed by atoms with Gasteiger partial charge in [-0.15, -0.1) is 0 Å². The van der Waals surface area contributed by atoms with Crippen molar-refractivity contribution < 1.29 is 19.1 Å². The lowest BCUT2D eigenvalue weighted by Gasteiger charge is -2.25. The predicted molar refractivity (Wildman–Crippen MR) is 120 cm³/mol. The van der Waals surface area contributed by atoms with Gasteiger partial charge in [0.1, 0.15) is 16.2 Å². The molecule has 0 spiro atoms. The van der Waals surface area contributed by atoms with Crippen molar-refractivity contribution in [2.45, 2.75) is 25.4 Å². The van der Waals surface area contributed by atoms with Gasteiger partial charge in [0.15, 0.2) is 0 Å². The van der Waals surface area contributed by atoms with Crippen molar-refractivity contribution in [1.82, 2.24) is 10.2 Å². The number of carbonyl (C=O) groups excluding carboxylic acids is 2. The van der Waals surface area contributed by atoms with E-state index in [2.05, 4.69) is 5.32 Å². The van der Waals surface area contributed by atoms with Crippen LogP contribution in [0.5, 0.6) is 0 Å². The second kappa shape index (κ2) is 9.97. The summed E-state index contributed by atoms with van der Waals surface area (Å²) >= 11 is 6.38. The summed E-state index contributed by atoms with van der Waals surface area (Å²) in [5, 5.41) is 12.4. The minimum Gasteiger partial charge on any atom is -0.394 e. The van der Waals surface area contributed by atoms with Crippen LogP contribution in [0.1, 0.15) is 18.1 Å². The molecule has 0 saturated carbocycles. The van der Waals surface area contributed by atoms with Gasteiger partial charge in [0.2, 0.25) is 5.91 Å². The lowest BCUT2D eigenvalue weighted by Crippen LogP contribution is -2.51. The van der Waals surface area contributed by atoms with Crippen LogP contribution in [0.2, 0.25) is 0 Å². The van der Waals surface area contributed by atoms with Crippen LogP contribution < -0.4 is 5.32 Å². The highest BCUT2D eigenvalue weighted by Crippen LogP contribution is 2.34. The maximum Gasteiger partial charge on any atom is 0.266 e. The molecule has 2 amide bonds. The Balaban J connectivity index is 1.69. The van der Waals surface area contributed by atoms with E-state index in [9.17, 15) is 19.1 Å². The lowest BCUT2D eigenvalue weighted by atomic mass is 10.1. The van der Waals surface area contributed by atoms with Gasteiger partial charge in [-0.2, -0.15) is 0 Å². The molecule has 1 saturated heterocycles. The first-order chi connectivity index (χ1) is 14.4. The molecular weight excluding hydrogens is 423 g/mol. The first kappa shape index (κ1) is 22.1. The molecule has 0 radical (unpaired) electrons. The van der Waals surface area contributed by atoms with Crippen LogP contribution in [0.3, 0.4) is 0 Å². The number of amides is 2. The van der Waals surface area contributed by atoms with Gasteiger partial charge >= 0.3 is 0 Å². The monoisotopic (exact) mass is 444 g/mol. The molecule has 2 atom stereocenters. The van der Waals surface area contributed by atoms with Crippen molar-refractivity contribution in [3.63, 3.8) is 0 Å². The summed E-state index contributed by atoms with van der Waals surface area (Å²) in [5.74, 6) is -1.21. The number of nitrogens with one attached hydrogen (secondary N) is 1. The second-order valence-corrected chi connectivity index (χ2v) is 8.54. The number of thiocarbonyl (C=S) groups is 1. The SMILES string of the molecule is C[C@H](C(=O)N[C@@H](CO)Cc1ccccc1)N1C(=O)/C(=C/c2cccc(F)c2)SC1=S. The molecule has 8 heteroatoms. The summed E-state index contributed by atoms with van der Waals surface area (Å²) < 4.78 is 13.7. The van der Waals surface area contributed by atoms with E-state index in [4.69, 9.17) is 12.2 Å². The molecule has 1 aliphatic heterocycles. The number of halogens is 1. The average Bonchev–Trinajstić information content (AvgIpc) is 3.00. The minimum absolute atomic E-state index is 0.231. The Bertz CT molecular complexity index is 981. The van der Waals surface area contributed by atoms with Gasteiger partial charge in [-0.1, -0.05) is 66.4 Å². The van der Waals surface area contributed by atoms with Crippen LogP contribution in [0.25, 0.3) is 6.08 Å². The molecule has 2 aromatic carbocycles. The molecule has 0 aromatic heterocycles. The molecule has 30 heavy (non-hydrogen) atoms. The zero-order valence-electron chi connectivity index (χ0n) is 16.2. The summed E-state index contributed by atoms with van der Waals surface area (Å²) in [6, 6.07) is 14.0. The van der Waals surface area contributed by atoms with Crippen LogP contribution in [0.15, 0.2) is 59.5 Å². The Morgan fingerprint density at radius 3 is 2.67 bits per heavy atom. The fourth-order valence-corrected chi connectivity index (χ4v) is 4.48. The molecule has 2 aromatic rings. The summed E-state index contributed by atoms with van der Waals surface area (Å²) in [6.45, 7) is 1.35. The number of nitrogens with zero attached hydrogens (tertiary/aromatic N) is 1. The molecule has 1 aliphatic rings. The summed E-state index contributed by atoms with van der Waals surface area (Å²) in [6.07, 6.45) is 2.02. The third-order valence-corrected chi connectivity index (χ3v) is 5.96. The van der Waals surface area contributed by atoms with Crippen molar-refractivity contribution >= 4 is 46.2 Å². The largest absolute Gasteiger partial charge is 0.394 e.